The van der Waals surface area contributed by atoms with Crippen molar-refractivity contribution >= 4 is 10.8 Å². The fourth-order valence-corrected chi connectivity index (χ4v) is 3.91. The average Bonchev–Trinajstić information content (AvgIpc) is 2.68. The third-order valence-electron chi connectivity index (χ3n) is 5.09. The van der Waals surface area contributed by atoms with E-state index in [0.29, 0.717) is 19.3 Å². The van der Waals surface area contributed by atoms with E-state index in [1.165, 1.54) is 27.5 Å². The normalized spacial score (nSPS) is 16.3. The lowest BCUT2D eigenvalue weighted by molar-refractivity contribution is -0.690. The molecule has 26 heavy (non-hydrogen) atoms. The first-order valence-electron chi connectivity index (χ1n) is 9.54. The Bertz CT molecular complexity index is 919. The molecule has 0 aliphatic carbocycles. The summed E-state index contributed by atoms with van der Waals surface area (Å²) in [5.74, 6) is 1.72. The number of nitrogens with two attached hydrogens (primary N) is 1. The third-order valence-corrected chi connectivity index (χ3v) is 5.09. The Hall–Kier alpha value is -2.52. The van der Waals surface area contributed by atoms with Crippen molar-refractivity contribution < 1.29 is 14.8 Å². The maximum Gasteiger partial charge on any atom is 0.161 e. The van der Waals surface area contributed by atoms with E-state index in [1.807, 2.05) is 13.8 Å². The Labute approximate surface area is 154 Å². The van der Waals surface area contributed by atoms with Gasteiger partial charge in [-0.2, -0.15) is 0 Å². The number of hydrogen-bond donors (Lipinski definition) is 1. The second-order valence-electron chi connectivity index (χ2n) is 6.72. The molecule has 0 bridgehead atoms. The van der Waals surface area contributed by atoms with Gasteiger partial charge < -0.3 is 14.8 Å². The summed E-state index contributed by atoms with van der Waals surface area (Å²) in [7, 11) is 0. The van der Waals surface area contributed by atoms with Gasteiger partial charge in [-0.3, -0.25) is 0 Å². The minimum Gasteiger partial charge on any atom is -0.490 e. The van der Waals surface area contributed by atoms with Gasteiger partial charge in [-0.05, 0) is 48.4 Å². The predicted octanol–water partition coefficient (Wildman–Crippen LogP) is 3.85. The summed E-state index contributed by atoms with van der Waals surface area (Å²) in [5.41, 5.74) is 4.06. The molecular weight excluding hydrogens is 322 g/mol. The monoisotopic (exact) mass is 348 g/mol. The minimum atomic E-state index is 0.304. The maximum absolute atomic E-state index is 5.87. The van der Waals surface area contributed by atoms with Gasteiger partial charge in [-0.25, -0.2) is 0 Å². The zero-order valence-corrected chi connectivity index (χ0v) is 15.5. The lowest BCUT2D eigenvalue weighted by atomic mass is 9.88. The van der Waals surface area contributed by atoms with Crippen LogP contribution in [0, 0.1) is 0 Å². The lowest BCUT2D eigenvalue weighted by Crippen LogP contribution is -2.87. The number of rotatable bonds is 5. The molecule has 0 aromatic heterocycles. The Kier molecular flexibility index (Phi) is 4.81. The first-order valence-corrected chi connectivity index (χ1v) is 9.54. The van der Waals surface area contributed by atoms with Crippen molar-refractivity contribution in [3.8, 4) is 11.5 Å². The first kappa shape index (κ1) is 16.9. The van der Waals surface area contributed by atoms with E-state index >= 15 is 0 Å². The Morgan fingerprint density at radius 1 is 0.885 bits per heavy atom. The van der Waals surface area contributed by atoms with Gasteiger partial charge in [0.1, 0.15) is 6.04 Å². The van der Waals surface area contributed by atoms with E-state index in [9.17, 15) is 0 Å². The summed E-state index contributed by atoms with van der Waals surface area (Å²) in [4.78, 5) is 0. The summed E-state index contributed by atoms with van der Waals surface area (Å²) in [5, 5.41) is 5.01. The molecule has 0 saturated heterocycles. The summed E-state index contributed by atoms with van der Waals surface area (Å²) in [6.45, 7) is 6.41. The molecule has 0 unspecified atom stereocenters. The molecule has 3 aromatic carbocycles. The fraction of sp³-hybridized carbons (Fsp3) is 0.304. The second kappa shape index (κ2) is 7.38. The topological polar surface area (TPSA) is 35.1 Å². The predicted molar refractivity (Wildman–Crippen MR) is 105 cm³/mol. The van der Waals surface area contributed by atoms with Crippen molar-refractivity contribution in [3.63, 3.8) is 0 Å². The van der Waals surface area contributed by atoms with Crippen LogP contribution in [0.5, 0.6) is 11.5 Å². The average molecular weight is 348 g/mol. The highest BCUT2D eigenvalue weighted by atomic mass is 16.5. The van der Waals surface area contributed by atoms with Gasteiger partial charge in [0.25, 0.3) is 0 Å². The Balaban J connectivity index is 1.78. The van der Waals surface area contributed by atoms with Crippen LogP contribution in [0.2, 0.25) is 0 Å². The molecule has 1 aliphatic rings. The molecule has 0 spiro atoms. The molecule has 3 aromatic rings. The van der Waals surface area contributed by atoms with Gasteiger partial charge in [0.05, 0.1) is 19.8 Å². The highest BCUT2D eigenvalue weighted by Crippen LogP contribution is 2.36. The maximum atomic E-state index is 5.87. The fourth-order valence-electron chi connectivity index (χ4n) is 3.91. The molecule has 2 N–H and O–H groups in total. The lowest BCUT2D eigenvalue weighted by Gasteiger charge is -2.26. The van der Waals surface area contributed by atoms with Crippen LogP contribution >= 0.6 is 0 Å². The van der Waals surface area contributed by atoms with Crippen LogP contribution in [0.25, 0.3) is 10.8 Å². The molecule has 0 saturated carbocycles. The van der Waals surface area contributed by atoms with E-state index in [-0.39, 0.29) is 0 Å². The number of ether oxygens (including phenoxy) is 2. The third kappa shape index (κ3) is 3.15. The van der Waals surface area contributed by atoms with Crippen LogP contribution < -0.4 is 14.8 Å². The standard InChI is InChI=1S/C23H25NO2/c1-3-25-21-14-18-11-12-24-23(20(18)15-22(21)26-4-2)19-10-9-16-7-5-6-8-17(16)13-19/h5-10,13-15,23-24H,3-4,11-12H2,1-2H3/p+1/t23-/m1/s1. The molecular formula is C23H26NO2+. The number of fused-ring (bicyclic) bond motifs is 2. The first-order chi connectivity index (χ1) is 12.8. The highest BCUT2D eigenvalue weighted by Gasteiger charge is 2.27. The molecule has 0 amide bonds. The van der Waals surface area contributed by atoms with Crippen molar-refractivity contribution in [1.82, 2.24) is 0 Å². The van der Waals surface area contributed by atoms with Crippen LogP contribution in [-0.4, -0.2) is 19.8 Å². The summed E-state index contributed by atoms with van der Waals surface area (Å²) < 4.78 is 11.7. The molecule has 3 nitrogen and oxygen atoms in total. The smallest absolute Gasteiger partial charge is 0.161 e. The summed E-state index contributed by atoms with van der Waals surface area (Å²) in [6.07, 6.45) is 1.06. The molecule has 1 aliphatic heterocycles. The van der Waals surface area contributed by atoms with Crippen LogP contribution in [0.15, 0.2) is 54.6 Å². The van der Waals surface area contributed by atoms with Crippen LogP contribution in [-0.2, 0) is 6.42 Å². The van der Waals surface area contributed by atoms with E-state index in [2.05, 4.69) is 59.9 Å². The molecule has 0 radical (unpaired) electrons. The van der Waals surface area contributed by atoms with Gasteiger partial charge in [0.2, 0.25) is 0 Å². The molecule has 3 heteroatoms. The Morgan fingerprint density at radius 3 is 2.38 bits per heavy atom. The van der Waals surface area contributed by atoms with Crippen molar-refractivity contribution in [3.05, 3.63) is 71.3 Å². The van der Waals surface area contributed by atoms with Gasteiger partial charge in [0.15, 0.2) is 11.5 Å². The molecule has 1 atom stereocenters. The van der Waals surface area contributed by atoms with Crippen LogP contribution in [0.3, 0.4) is 0 Å². The Morgan fingerprint density at radius 2 is 1.62 bits per heavy atom. The second-order valence-corrected chi connectivity index (χ2v) is 6.72. The SMILES string of the molecule is CCOc1cc2c(cc1OCC)[C@@H](c1ccc3ccccc3c1)[NH2+]CC2. The van der Waals surface area contributed by atoms with Crippen molar-refractivity contribution in [2.75, 3.05) is 19.8 Å². The van der Waals surface area contributed by atoms with Gasteiger partial charge in [-0.15, -0.1) is 0 Å². The summed E-state index contributed by atoms with van der Waals surface area (Å²) >= 11 is 0. The molecule has 0 fully saturated rings. The number of hydrogen-bond acceptors (Lipinski definition) is 2. The van der Waals surface area contributed by atoms with E-state index < -0.39 is 0 Å². The zero-order valence-electron chi connectivity index (χ0n) is 15.5. The summed E-state index contributed by atoms with van der Waals surface area (Å²) in [6, 6.07) is 20.0. The van der Waals surface area contributed by atoms with E-state index in [4.69, 9.17) is 9.47 Å². The van der Waals surface area contributed by atoms with Crippen molar-refractivity contribution in [2.45, 2.75) is 26.3 Å². The van der Waals surface area contributed by atoms with Gasteiger partial charge in [-0.1, -0.05) is 36.4 Å². The van der Waals surface area contributed by atoms with Crippen LogP contribution in [0.1, 0.15) is 36.6 Å². The number of quaternary nitrogens is 1. The van der Waals surface area contributed by atoms with Crippen LogP contribution in [0.4, 0.5) is 0 Å². The van der Waals surface area contributed by atoms with Gasteiger partial charge in [0, 0.05) is 17.5 Å². The number of benzene rings is 3. The van der Waals surface area contributed by atoms with Crippen molar-refractivity contribution in [1.29, 1.82) is 0 Å². The largest absolute Gasteiger partial charge is 0.490 e. The zero-order chi connectivity index (χ0) is 17.9. The molecule has 1 heterocycles. The van der Waals surface area contributed by atoms with E-state index in [0.717, 1.165) is 24.5 Å². The quantitative estimate of drug-likeness (QED) is 0.760. The molecule has 134 valence electrons. The minimum absolute atomic E-state index is 0.304. The van der Waals surface area contributed by atoms with Crippen molar-refractivity contribution in [2.24, 2.45) is 0 Å². The van der Waals surface area contributed by atoms with E-state index in [1.54, 1.807) is 0 Å². The highest BCUT2D eigenvalue weighted by molar-refractivity contribution is 5.83. The van der Waals surface area contributed by atoms with Gasteiger partial charge >= 0.3 is 0 Å². The molecule has 4 rings (SSSR count).